The number of nitrogens with two attached hydrogens (primary N) is 1. The molecule has 3 nitrogen and oxygen atoms in total. The zero-order chi connectivity index (χ0) is 13.4. The van der Waals surface area contributed by atoms with E-state index in [1.54, 1.807) is 11.3 Å². The summed E-state index contributed by atoms with van der Waals surface area (Å²) >= 11 is 1.57. The number of benzene rings is 1. The zero-order valence-electron chi connectivity index (χ0n) is 11.1. The first kappa shape index (κ1) is 12.2. The van der Waals surface area contributed by atoms with E-state index in [9.17, 15) is 0 Å². The van der Waals surface area contributed by atoms with Crippen LogP contribution in [0.25, 0.3) is 16.2 Å². The van der Waals surface area contributed by atoms with Gasteiger partial charge < -0.3 is 5.73 Å². The van der Waals surface area contributed by atoms with Crippen LogP contribution in [0.15, 0.2) is 35.8 Å². The maximum atomic E-state index is 5.88. The zero-order valence-corrected chi connectivity index (χ0v) is 11.9. The number of anilines is 1. The molecule has 0 aliphatic rings. The van der Waals surface area contributed by atoms with E-state index in [1.165, 1.54) is 5.56 Å². The van der Waals surface area contributed by atoms with E-state index in [-0.39, 0.29) is 0 Å². The highest BCUT2D eigenvalue weighted by Gasteiger charge is 2.08. The van der Waals surface area contributed by atoms with Crippen molar-refractivity contribution in [1.82, 2.24) is 9.38 Å². The number of nitrogens with zero attached hydrogens (tertiary/aromatic N) is 2. The molecule has 0 amide bonds. The molecule has 3 rings (SSSR count). The Morgan fingerprint density at radius 2 is 2.00 bits per heavy atom. The molecule has 98 valence electrons. The number of fused-ring (bicyclic) bond motifs is 1. The number of aromatic nitrogens is 2. The van der Waals surface area contributed by atoms with Gasteiger partial charge in [-0.2, -0.15) is 0 Å². The van der Waals surface area contributed by atoms with Crippen molar-refractivity contribution in [2.45, 2.75) is 20.3 Å². The predicted molar refractivity (Wildman–Crippen MR) is 81.5 cm³/mol. The van der Waals surface area contributed by atoms with Crippen molar-refractivity contribution in [2.24, 2.45) is 5.92 Å². The van der Waals surface area contributed by atoms with Gasteiger partial charge in [0.25, 0.3) is 0 Å². The molecule has 2 N–H and O–H groups in total. The molecule has 0 saturated heterocycles. The maximum absolute atomic E-state index is 5.88. The SMILES string of the molecule is CC(C)Cc1ccc(-c2cn3c(N)csc3n2)cc1. The van der Waals surface area contributed by atoms with Crippen molar-refractivity contribution >= 4 is 22.1 Å². The molecule has 2 aromatic heterocycles. The monoisotopic (exact) mass is 271 g/mol. The van der Waals surface area contributed by atoms with Gasteiger partial charge in [0, 0.05) is 17.1 Å². The van der Waals surface area contributed by atoms with Crippen molar-refractivity contribution in [3.63, 3.8) is 0 Å². The number of imidazole rings is 1. The van der Waals surface area contributed by atoms with Gasteiger partial charge >= 0.3 is 0 Å². The van der Waals surface area contributed by atoms with Gasteiger partial charge in [-0.15, -0.1) is 11.3 Å². The van der Waals surface area contributed by atoms with Crippen LogP contribution in [0, 0.1) is 5.92 Å². The van der Waals surface area contributed by atoms with Crippen molar-refractivity contribution < 1.29 is 0 Å². The van der Waals surface area contributed by atoms with Gasteiger partial charge in [-0.05, 0) is 17.9 Å². The van der Waals surface area contributed by atoms with Crippen molar-refractivity contribution in [3.05, 3.63) is 41.4 Å². The molecule has 0 saturated carbocycles. The summed E-state index contributed by atoms with van der Waals surface area (Å²) in [5.41, 5.74) is 9.38. The summed E-state index contributed by atoms with van der Waals surface area (Å²) in [7, 11) is 0. The predicted octanol–water partition coefficient (Wildman–Crippen LogP) is 3.84. The lowest BCUT2D eigenvalue weighted by molar-refractivity contribution is 0.647. The quantitative estimate of drug-likeness (QED) is 0.786. The topological polar surface area (TPSA) is 43.3 Å². The minimum absolute atomic E-state index is 0.684. The van der Waals surface area contributed by atoms with Gasteiger partial charge in [0.15, 0.2) is 4.96 Å². The Morgan fingerprint density at radius 3 is 2.63 bits per heavy atom. The smallest absolute Gasteiger partial charge is 0.195 e. The number of hydrogen-bond donors (Lipinski definition) is 1. The third-order valence-corrected chi connectivity index (χ3v) is 3.99. The van der Waals surface area contributed by atoms with Gasteiger partial charge in [-0.25, -0.2) is 4.98 Å². The second kappa shape index (κ2) is 4.70. The van der Waals surface area contributed by atoms with E-state index in [1.807, 2.05) is 16.0 Å². The Morgan fingerprint density at radius 1 is 1.26 bits per heavy atom. The lowest BCUT2D eigenvalue weighted by Gasteiger charge is -2.05. The van der Waals surface area contributed by atoms with Crippen LogP contribution in [0.4, 0.5) is 5.82 Å². The van der Waals surface area contributed by atoms with Crippen LogP contribution in [-0.2, 0) is 6.42 Å². The van der Waals surface area contributed by atoms with Gasteiger partial charge in [-0.3, -0.25) is 4.40 Å². The molecular weight excluding hydrogens is 254 g/mol. The van der Waals surface area contributed by atoms with Crippen LogP contribution in [0.1, 0.15) is 19.4 Å². The fourth-order valence-corrected chi connectivity index (χ4v) is 2.99. The first-order chi connectivity index (χ1) is 9.13. The molecule has 0 unspecified atom stereocenters. The number of rotatable bonds is 3. The Kier molecular flexibility index (Phi) is 3.03. The molecule has 19 heavy (non-hydrogen) atoms. The molecule has 0 aliphatic carbocycles. The molecule has 0 aliphatic heterocycles. The largest absolute Gasteiger partial charge is 0.384 e. The summed E-state index contributed by atoms with van der Waals surface area (Å²) < 4.78 is 1.93. The number of nitrogen functional groups attached to an aromatic ring is 1. The van der Waals surface area contributed by atoms with Crippen LogP contribution in [0.3, 0.4) is 0 Å². The lowest BCUT2D eigenvalue weighted by Crippen LogP contribution is -1.93. The summed E-state index contributed by atoms with van der Waals surface area (Å²) in [5.74, 6) is 1.43. The van der Waals surface area contributed by atoms with Crippen LogP contribution in [-0.4, -0.2) is 9.38 Å². The van der Waals surface area contributed by atoms with Crippen molar-refractivity contribution in [2.75, 3.05) is 5.73 Å². The molecular formula is C15H17N3S. The third-order valence-electron chi connectivity index (χ3n) is 3.13. The van der Waals surface area contributed by atoms with E-state index in [4.69, 9.17) is 5.73 Å². The summed E-state index contributed by atoms with van der Waals surface area (Å²) in [5, 5.41) is 1.91. The lowest BCUT2D eigenvalue weighted by atomic mass is 10.0. The van der Waals surface area contributed by atoms with Crippen LogP contribution >= 0.6 is 11.3 Å². The second-order valence-corrected chi connectivity index (χ2v) is 6.07. The summed E-state index contributed by atoms with van der Waals surface area (Å²) in [4.78, 5) is 5.54. The fraction of sp³-hybridized carbons (Fsp3) is 0.267. The molecule has 2 heterocycles. The average Bonchev–Trinajstić information content (AvgIpc) is 2.92. The molecule has 0 atom stereocenters. The molecule has 0 spiro atoms. The van der Waals surface area contributed by atoms with E-state index in [0.717, 1.165) is 28.5 Å². The highest BCUT2D eigenvalue weighted by atomic mass is 32.1. The van der Waals surface area contributed by atoms with E-state index >= 15 is 0 Å². The normalized spacial score (nSPS) is 11.5. The molecule has 0 radical (unpaired) electrons. The molecule has 0 fully saturated rings. The fourth-order valence-electron chi connectivity index (χ4n) is 2.22. The highest BCUT2D eigenvalue weighted by molar-refractivity contribution is 7.15. The number of thiazole rings is 1. The van der Waals surface area contributed by atoms with Gasteiger partial charge in [0.05, 0.1) is 5.69 Å². The summed E-state index contributed by atoms with van der Waals surface area (Å²) in [6.45, 7) is 4.47. The Balaban J connectivity index is 1.92. The first-order valence-electron chi connectivity index (χ1n) is 6.45. The van der Waals surface area contributed by atoms with E-state index in [2.05, 4.69) is 43.1 Å². The molecule has 1 aromatic carbocycles. The Labute approximate surface area is 116 Å². The third kappa shape index (κ3) is 2.36. The second-order valence-electron chi connectivity index (χ2n) is 5.23. The Bertz CT molecular complexity index is 692. The van der Waals surface area contributed by atoms with Crippen molar-refractivity contribution in [3.8, 4) is 11.3 Å². The Hall–Kier alpha value is -1.81. The summed E-state index contributed by atoms with van der Waals surface area (Å²) in [6, 6.07) is 8.65. The van der Waals surface area contributed by atoms with Gasteiger partial charge in [0.1, 0.15) is 5.82 Å². The minimum Gasteiger partial charge on any atom is -0.384 e. The summed E-state index contributed by atoms with van der Waals surface area (Å²) in [6.07, 6.45) is 3.12. The van der Waals surface area contributed by atoms with Crippen molar-refractivity contribution in [1.29, 1.82) is 0 Å². The number of hydrogen-bond acceptors (Lipinski definition) is 3. The highest BCUT2D eigenvalue weighted by Crippen LogP contribution is 2.25. The van der Waals surface area contributed by atoms with Gasteiger partial charge in [-0.1, -0.05) is 38.1 Å². The van der Waals surface area contributed by atoms with E-state index < -0.39 is 0 Å². The average molecular weight is 271 g/mol. The van der Waals surface area contributed by atoms with E-state index in [0.29, 0.717) is 5.92 Å². The van der Waals surface area contributed by atoms with Gasteiger partial charge in [0.2, 0.25) is 0 Å². The standard InChI is InChI=1S/C15H17N3S/c1-10(2)7-11-3-5-12(6-4-11)13-8-18-14(16)9-19-15(18)17-13/h3-6,8-10H,7,16H2,1-2H3. The van der Waals surface area contributed by atoms with Crippen LogP contribution in [0.5, 0.6) is 0 Å². The van der Waals surface area contributed by atoms with Crippen LogP contribution in [0.2, 0.25) is 0 Å². The molecule has 3 aromatic rings. The minimum atomic E-state index is 0.684. The molecule has 4 heteroatoms. The molecule has 0 bridgehead atoms. The van der Waals surface area contributed by atoms with Crippen LogP contribution < -0.4 is 5.73 Å². The maximum Gasteiger partial charge on any atom is 0.195 e. The first-order valence-corrected chi connectivity index (χ1v) is 7.33.